The van der Waals surface area contributed by atoms with E-state index in [9.17, 15) is 9.59 Å². The first-order valence-corrected chi connectivity index (χ1v) is 7.08. The second-order valence-corrected chi connectivity index (χ2v) is 5.40. The summed E-state index contributed by atoms with van der Waals surface area (Å²) < 4.78 is 0. The van der Waals surface area contributed by atoms with Gasteiger partial charge >= 0.3 is 12.0 Å². The molecule has 1 unspecified atom stereocenters. The number of hydrogen-bond acceptors (Lipinski definition) is 2. The van der Waals surface area contributed by atoms with Crippen LogP contribution in [0.5, 0.6) is 0 Å². The third-order valence-electron chi connectivity index (χ3n) is 3.73. The molecule has 106 valence electrons. The number of hydrogen-bond donors (Lipinski definition) is 2. The first-order chi connectivity index (χ1) is 9.16. The van der Waals surface area contributed by atoms with Gasteiger partial charge in [0.05, 0.1) is 6.42 Å². The summed E-state index contributed by atoms with van der Waals surface area (Å²) in [5.41, 5.74) is 0. The van der Waals surface area contributed by atoms with E-state index in [2.05, 4.69) is 17.5 Å². The van der Waals surface area contributed by atoms with Crippen LogP contribution in [-0.4, -0.2) is 41.1 Å². The Labute approximate surface area is 113 Å². The van der Waals surface area contributed by atoms with Gasteiger partial charge in [0.2, 0.25) is 0 Å². The largest absolute Gasteiger partial charge is 0.481 e. The van der Waals surface area contributed by atoms with Crippen molar-refractivity contribution in [2.45, 2.75) is 44.6 Å². The van der Waals surface area contributed by atoms with Crippen LogP contribution < -0.4 is 5.32 Å². The second-order valence-electron chi connectivity index (χ2n) is 5.40. The van der Waals surface area contributed by atoms with Crippen LogP contribution in [0.2, 0.25) is 0 Å². The van der Waals surface area contributed by atoms with Crippen molar-refractivity contribution in [3.8, 4) is 0 Å². The predicted octanol–water partition coefficient (Wildman–Crippen LogP) is 1.99. The van der Waals surface area contributed by atoms with Crippen molar-refractivity contribution in [2.75, 3.05) is 13.1 Å². The molecule has 1 saturated carbocycles. The number of amides is 2. The lowest BCUT2D eigenvalue weighted by Crippen LogP contribution is -2.44. The monoisotopic (exact) mass is 266 g/mol. The number of carbonyl (C=O) groups excluding carboxylic acids is 1. The molecule has 2 N–H and O–H groups in total. The minimum Gasteiger partial charge on any atom is -0.481 e. The molecule has 0 heterocycles. The summed E-state index contributed by atoms with van der Waals surface area (Å²) in [5, 5.41) is 11.7. The highest BCUT2D eigenvalue weighted by Crippen LogP contribution is 2.27. The average Bonchev–Trinajstić information content (AvgIpc) is 3.22. The van der Waals surface area contributed by atoms with Gasteiger partial charge in [0.15, 0.2) is 0 Å². The lowest BCUT2D eigenvalue weighted by molar-refractivity contribution is -0.137. The molecule has 1 fully saturated rings. The minimum absolute atomic E-state index is 0.0239. The fraction of sp³-hybridized carbons (Fsp3) is 0.714. The maximum absolute atomic E-state index is 12.1. The van der Waals surface area contributed by atoms with Crippen molar-refractivity contribution < 1.29 is 14.7 Å². The Bertz CT molecular complexity index is 364. The number of rotatable bonds is 6. The Morgan fingerprint density at radius 2 is 2.05 bits per heavy atom. The third-order valence-corrected chi connectivity index (χ3v) is 3.73. The molecule has 2 rings (SSSR count). The number of urea groups is 1. The summed E-state index contributed by atoms with van der Waals surface area (Å²) in [4.78, 5) is 24.4. The van der Waals surface area contributed by atoms with Crippen molar-refractivity contribution >= 4 is 12.0 Å². The molecule has 0 aliphatic heterocycles. The van der Waals surface area contributed by atoms with Crippen LogP contribution in [-0.2, 0) is 4.79 Å². The van der Waals surface area contributed by atoms with Crippen LogP contribution in [0.25, 0.3) is 0 Å². The number of aliphatic carboxylic acids is 1. The van der Waals surface area contributed by atoms with Crippen molar-refractivity contribution in [2.24, 2.45) is 5.92 Å². The van der Waals surface area contributed by atoms with Crippen molar-refractivity contribution in [3.63, 3.8) is 0 Å². The molecule has 0 bridgehead atoms. The molecule has 0 aromatic rings. The van der Waals surface area contributed by atoms with E-state index in [-0.39, 0.29) is 18.5 Å². The van der Waals surface area contributed by atoms with Gasteiger partial charge in [-0.2, -0.15) is 0 Å². The Morgan fingerprint density at radius 3 is 2.63 bits per heavy atom. The van der Waals surface area contributed by atoms with Gasteiger partial charge in [0, 0.05) is 19.1 Å². The molecule has 2 aliphatic rings. The average molecular weight is 266 g/mol. The highest BCUT2D eigenvalue weighted by molar-refractivity contribution is 5.76. The number of allylic oxidation sites excluding steroid dienone is 2. The Morgan fingerprint density at radius 1 is 1.26 bits per heavy atom. The van der Waals surface area contributed by atoms with Gasteiger partial charge < -0.3 is 15.3 Å². The number of carbonyl (C=O) groups is 2. The lowest BCUT2D eigenvalue weighted by atomic mass is 9.94. The second kappa shape index (κ2) is 6.59. The molecule has 5 nitrogen and oxygen atoms in total. The molecule has 0 aromatic carbocycles. The number of carboxylic acids is 1. The third kappa shape index (κ3) is 4.58. The summed E-state index contributed by atoms with van der Waals surface area (Å²) in [7, 11) is 0. The van der Waals surface area contributed by atoms with Gasteiger partial charge in [-0.3, -0.25) is 4.79 Å². The van der Waals surface area contributed by atoms with E-state index in [1.807, 2.05) is 0 Å². The molecule has 0 saturated heterocycles. The zero-order valence-electron chi connectivity index (χ0n) is 11.2. The van der Waals surface area contributed by atoms with Gasteiger partial charge in [-0.25, -0.2) is 4.79 Å². The molecule has 19 heavy (non-hydrogen) atoms. The van der Waals surface area contributed by atoms with Gasteiger partial charge in [-0.15, -0.1) is 0 Å². The highest BCUT2D eigenvalue weighted by Gasteiger charge is 2.32. The maximum atomic E-state index is 12.1. The van der Waals surface area contributed by atoms with Crippen LogP contribution in [0.1, 0.15) is 38.5 Å². The predicted molar refractivity (Wildman–Crippen MR) is 71.9 cm³/mol. The van der Waals surface area contributed by atoms with E-state index in [4.69, 9.17) is 5.11 Å². The molecule has 0 radical (unpaired) electrons. The van der Waals surface area contributed by atoms with Gasteiger partial charge in [-0.1, -0.05) is 12.2 Å². The quantitative estimate of drug-likeness (QED) is 0.722. The van der Waals surface area contributed by atoms with E-state index in [0.29, 0.717) is 19.0 Å². The summed E-state index contributed by atoms with van der Waals surface area (Å²) in [6.45, 7) is 1.01. The first-order valence-electron chi connectivity index (χ1n) is 7.08. The minimum atomic E-state index is -0.851. The van der Waals surface area contributed by atoms with E-state index >= 15 is 0 Å². The van der Waals surface area contributed by atoms with Crippen LogP contribution in [0.3, 0.4) is 0 Å². The fourth-order valence-electron chi connectivity index (χ4n) is 2.43. The number of carboxylic acid groups (broad SMARTS) is 1. The molecule has 5 heteroatoms. The number of nitrogens with zero attached hydrogens (tertiary/aromatic N) is 1. The standard InChI is InChI=1S/C14H22N2O3/c17-13(18)8-9-16(12-6-7-12)14(19)15-10-11-4-2-1-3-5-11/h1-2,11-12H,3-10H2,(H,15,19)(H,17,18). The van der Waals surface area contributed by atoms with E-state index in [1.165, 1.54) is 0 Å². The normalized spacial score (nSPS) is 22.0. The lowest BCUT2D eigenvalue weighted by Gasteiger charge is -2.24. The number of nitrogens with one attached hydrogen (secondary N) is 1. The molecular formula is C14H22N2O3. The van der Waals surface area contributed by atoms with E-state index in [0.717, 1.165) is 32.1 Å². The fourth-order valence-corrected chi connectivity index (χ4v) is 2.43. The molecule has 2 amide bonds. The smallest absolute Gasteiger partial charge is 0.317 e. The molecule has 2 aliphatic carbocycles. The first kappa shape index (κ1) is 13.9. The Balaban J connectivity index is 1.75. The van der Waals surface area contributed by atoms with Gasteiger partial charge in [-0.05, 0) is 38.0 Å². The Hall–Kier alpha value is -1.52. The SMILES string of the molecule is O=C(O)CCN(C(=O)NCC1CC=CCC1)C1CC1. The summed E-state index contributed by atoms with van der Waals surface area (Å²) in [5.74, 6) is -0.328. The van der Waals surface area contributed by atoms with Crippen LogP contribution in [0, 0.1) is 5.92 Å². The molecule has 0 spiro atoms. The van der Waals surface area contributed by atoms with Crippen LogP contribution in [0.15, 0.2) is 12.2 Å². The summed E-state index contributed by atoms with van der Waals surface area (Å²) in [6.07, 6.45) is 9.61. The van der Waals surface area contributed by atoms with Gasteiger partial charge in [0.1, 0.15) is 0 Å². The summed E-state index contributed by atoms with van der Waals surface area (Å²) in [6, 6.07) is 0.156. The molecular weight excluding hydrogens is 244 g/mol. The van der Waals surface area contributed by atoms with Crippen LogP contribution in [0.4, 0.5) is 4.79 Å². The topological polar surface area (TPSA) is 69.6 Å². The van der Waals surface area contributed by atoms with Crippen LogP contribution >= 0.6 is 0 Å². The molecule has 1 atom stereocenters. The highest BCUT2D eigenvalue weighted by atomic mass is 16.4. The zero-order chi connectivity index (χ0) is 13.7. The van der Waals surface area contributed by atoms with Crippen molar-refractivity contribution in [3.05, 3.63) is 12.2 Å². The summed E-state index contributed by atoms with van der Waals surface area (Å²) >= 11 is 0. The maximum Gasteiger partial charge on any atom is 0.317 e. The van der Waals surface area contributed by atoms with Crippen molar-refractivity contribution in [1.82, 2.24) is 10.2 Å². The van der Waals surface area contributed by atoms with E-state index in [1.54, 1.807) is 4.90 Å². The van der Waals surface area contributed by atoms with Gasteiger partial charge in [0.25, 0.3) is 0 Å². The van der Waals surface area contributed by atoms with E-state index < -0.39 is 5.97 Å². The molecule has 0 aromatic heterocycles. The van der Waals surface area contributed by atoms with Crippen molar-refractivity contribution in [1.29, 1.82) is 0 Å². The zero-order valence-corrected chi connectivity index (χ0v) is 11.2. The Kier molecular flexibility index (Phi) is 4.82.